The average Bonchev–Trinajstić information content (AvgIpc) is 1.00. The molecule has 0 aromatic carbocycles. The fourth-order valence-corrected chi connectivity index (χ4v) is 0. The second-order valence-electron chi connectivity index (χ2n) is 0. The molecule has 0 aliphatic rings. The molecule has 0 spiro atoms. The molecule has 0 aliphatic heterocycles. The molecule has 0 aromatic heterocycles. The van der Waals surface area contributed by atoms with Crippen LogP contribution in [-0.4, -0.2) is 42.3 Å². The third-order valence-electron chi connectivity index (χ3n) is 0. The molecule has 22 valence electrons. The molecule has 0 bridgehead atoms. The van der Waals surface area contributed by atoms with E-state index in [2.05, 4.69) is 0 Å². The molecule has 0 rings (SSSR count). The zero-order valence-corrected chi connectivity index (χ0v) is 12.5. The molecular weight excluding hydrogens is 381 g/mol. The molecule has 5 heteroatoms. The summed E-state index contributed by atoms with van der Waals surface area (Å²) in [5, 5.41) is 0. The van der Waals surface area contributed by atoms with Gasteiger partial charge in [0.1, 0.15) is 0 Å². The first kappa shape index (κ1) is 25.1. The van der Waals surface area contributed by atoms with Crippen LogP contribution in [0, 0.1) is 0 Å². The Morgan fingerprint density at radius 1 is 1.20 bits per heavy atom. The first-order valence-corrected chi connectivity index (χ1v) is 1.50. The van der Waals surface area contributed by atoms with Crippen LogP contribution in [0.25, 0.3) is 0 Å². The van der Waals surface area contributed by atoms with Gasteiger partial charge in [-0.2, -0.15) is 0 Å². The maximum Gasteiger partial charge on any atom is 0 e. The van der Waals surface area contributed by atoms with Crippen molar-refractivity contribution in [1.82, 2.24) is 0 Å². The summed E-state index contributed by atoms with van der Waals surface area (Å²) >= 11 is 0.125. The number of rotatable bonds is 0. The molecule has 0 unspecified atom stereocenters. The van der Waals surface area contributed by atoms with Crippen molar-refractivity contribution < 1.29 is 50.6 Å². The van der Waals surface area contributed by atoms with Gasteiger partial charge in [-0.15, -0.1) is 0 Å². The van der Waals surface area contributed by atoms with Crippen LogP contribution in [0.1, 0.15) is 0 Å². The van der Waals surface area contributed by atoms with Gasteiger partial charge in [0.25, 0.3) is 0 Å². The van der Waals surface area contributed by atoms with E-state index in [9.17, 15) is 0 Å². The average molecular weight is 386 g/mol. The van der Waals surface area contributed by atoms with Gasteiger partial charge in [0.05, 0.1) is 0 Å². The Labute approximate surface area is 91.2 Å². The van der Waals surface area contributed by atoms with E-state index in [1.54, 1.807) is 0 Å². The smallest absolute Gasteiger partial charge is 0 e. The summed E-state index contributed by atoms with van der Waals surface area (Å²) in [6.45, 7) is 0. The molecule has 0 amide bonds. The molecule has 0 aliphatic carbocycles. The van der Waals surface area contributed by atoms with Crippen LogP contribution in [0.4, 0.5) is 0 Å². The van der Waals surface area contributed by atoms with Crippen molar-refractivity contribution in [1.29, 1.82) is 0 Å². The first-order valence-electron chi connectivity index (χ1n) is 0.289. The van der Waals surface area contributed by atoms with Crippen LogP contribution in [0.3, 0.4) is 0 Å². The zero-order chi connectivity index (χ0) is 2.00. The monoisotopic (exact) mass is 388 g/mol. The fraction of sp³-hybridized carbons (Fsp3) is 0. The van der Waals surface area contributed by atoms with Gasteiger partial charge in [-0.1, -0.05) is 0 Å². The van der Waals surface area contributed by atoms with E-state index >= 15 is 0 Å². The summed E-state index contributed by atoms with van der Waals surface area (Å²) in [6.07, 6.45) is 0. The first-order chi connectivity index (χ1) is 1.00. The third kappa shape index (κ3) is 20.1. The molecule has 0 aromatic rings. The van der Waals surface area contributed by atoms with Crippen molar-refractivity contribution in [3.63, 3.8) is 0 Å². The topological polar surface area (TPSA) is 17.1 Å². The van der Waals surface area contributed by atoms with E-state index in [-0.39, 0.29) is 89.1 Å². The predicted octanol–water partition coefficient (Wildman–Crippen LogP) is -2.22. The van der Waals surface area contributed by atoms with Gasteiger partial charge >= 0.3 is 46.1 Å². The van der Waals surface area contributed by atoms with E-state index in [4.69, 9.17) is 3.78 Å². The Morgan fingerprint density at radius 2 is 1.20 bits per heavy atom. The molecule has 5 heavy (non-hydrogen) atoms. The van der Waals surface area contributed by atoms with Crippen LogP contribution < -0.4 is 0 Å². The molecule has 0 N–H and O–H groups in total. The van der Waals surface area contributed by atoms with Crippen molar-refractivity contribution in [3.05, 3.63) is 0 Å². The second-order valence-corrected chi connectivity index (χ2v) is 0. The maximum atomic E-state index is 8.38. The minimum atomic E-state index is 0. The van der Waals surface area contributed by atoms with Crippen molar-refractivity contribution in [2.24, 2.45) is 0 Å². The van der Waals surface area contributed by atoms with Crippen LogP contribution >= 0.6 is 0 Å². The summed E-state index contributed by atoms with van der Waals surface area (Å²) in [4.78, 5) is 0. The van der Waals surface area contributed by atoms with Gasteiger partial charge in [0, 0.05) is 46.8 Å². The molecule has 0 radical (unpaired) electrons. The number of hydrogen-bond acceptors (Lipinski definition) is 1. The van der Waals surface area contributed by atoms with E-state index in [1.807, 2.05) is 0 Å². The predicted molar refractivity (Wildman–Crippen MR) is 19.2 cm³/mol. The fourth-order valence-electron chi connectivity index (χ4n) is 0. The molecule has 1 nitrogen and oxygen atoms in total. The van der Waals surface area contributed by atoms with E-state index < -0.39 is 0 Å². The Balaban J connectivity index is -0.00000000167. The standard InChI is InChI=1S/Cd.GeH2O.In.Zn.3H/c;1-2;;;;;/h;1H2;;;;;. The van der Waals surface area contributed by atoms with Crippen LogP contribution in [0.2, 0.25) is 0 Å². The second kappa shape index (κ2) is 29.5. The van der Waals surface area contributed by atoms with Crippen LogP contribution in [0.15, 0.2) is 0 Å². The zero-order valence-electron chi connectivity index (χ0n) is 2.53. The minimum Gasteiger partial charge on any atom is 0 e. The van der Waals surface area contributed by atoms with Gasteiger partial charge in [-0.25, -0.2) is 0 Å². The minimum absolute atomic E-state index is 0. The van der Waals surface area contributed by atoms with E-state index in [0.29, 0.717) is 0 Å². The maximum absolute atomic E-state index is 8.38. The Hall–Kier alpha value is 2.76. The molecule has 0 atom stereocenters. The molecule has 0 heterocycles. The van der Waals surface area contributed by atoms with Crippen molar-refractivity contribution in [2.75, 3.05) is 0 Å². The SMILES string of the molecule is [Cd].[InH3].[O]=[GeH2].[Zn]. The Morgan fingerprint density at radius 3 is 1.20 bits per heavy atom. The van der Waals surface area contributed by atoms with E-state index in [1.165, 1.54) is 0 Å². The molecule has 0 saturated carbocycles. The van der Waals surface area contributed by atoms with Crippen molar-refractivity contribution in [3.8, 4) is 0 Å². The summed E-state index contributed by atoms with van der Waals surface area (Å²) in [5.74, 6) is 0. The molecule has 0 saturated heterocycles. The Kier molecular flexibility index (Phi) is 148. The van der Waals surface area contributed by atoms with Gasteiger partial charge < -0.3 is 0 Å². The molecular formula is H5CdGeInOZn. The van der Waals surface area contributed by atoms with E-state index in [0.717, 1.165) is 0 Å². The third-order valence-corrected chi connectivity index (χ3v) is 0. The van der Waals surface area contributed by atoms with Gasteiger partial charge in [-0.3, -0.25) is 0 Å². The van der Waals surface area contributed by atoms with Crippen molar-refractivity contribution in [2.45, 2.75) is 0 Å². The summed E-state index contributed by atoms with van der Waals surface area (Å²) in [6, 6.07) is 0. The summed E-state index contributed by atoms with van der Waals surface area (Å²) < 4.78 is 8.38. The summed E-state index contributed by atoms with van der Waals surface area (Å²) in [5.41, 5.74) is 0. The van der Waals surface area contributed by atoms with Crippen LogP contribution in [0.5, 0.6) is 0 Å². The Bertz CT molecular complexity index is 11.6. The largest absolute Gasteiger partial charge is 0 e. The summed E-state index contributed by atoms with van der Waals surface area (Å²) in [7, 11) is 0. The normalized spacial score (nSPS) is 0.800. The van der Waals surface area contributed by atoms with Crippen molar-refractivity contribution >= 4 is 42.3 Å². The quantitative estimate of drug-likeness (QED) is 0.431. The van der Waals surface area contributed by atoms with Gasteiger partial charge in [-0.05, 0) is 0 Å². The molecule has 0 fully saturated rings. The number of hydrogen-bond donors (Lipinski definition) is 0. The van der Waals surface area contributed by atoms with Gasteiger partial charge in [0.2, 0.25) is 0 Å². The van der Waals surface area contributed by atoms with Gasteiger partial charge in [0.15, 0.2) is 0 Å². The van der Waals surface area contributed by atoms with Crippen LogP contribution in [-0.2, 0) is 50.6 Å².